The highest BCUT2D eigenvalue weighted by molar-refractivity contribution is 7.07. The van der Waals surface area contributed by atoms with Gasteiger partial charge in [-0.05, 0) is 90.7 Å². The largest absolute Gasteiger partial charge is 0.388 e. The Balaban J connectivity index is 0.000000249. The third-order valence-corrected chi connectivity index (χ3v) is 6.35. The molecule has 1 aliphatic rings. The molecule has 2 aromatic carbocycles. The fourth-order valence-corrected chi connectivity index (χ4v) is 4.17. The number of carbonyl (C=O) groups excluding carboxylic acids is 2. The number of benzene rings is 2. The van der Waals surface area contributed by atoms with E-state index in [0.717, 1.165) is 47.6 Å². The maximum Gasteiger partial charge on any atom is 0.211 e. The number of hydrogen-bond acceptors (Lipinski definition) is 5. The van der Waals surface area contributed by atoms with E-state index < -0.39 is 0 Å². The van der Waals surface area contributed by atoms with Gasteiger partial charge in [0.1, 0.15) is 12.1 Å². The van der Waals surface area contributed by atoms with Gasteiger partial charge in [0, 0.05) is 42.6 Å². The Bertz CT molecular complexity index is 1010. The molecule has 4 rings (SSSR count). The van der Waals surface area contributed by atoms with Gasteiger partial charge in [0.2, 0.25) is 6.41 Å². The number of amidine groups is 1. The number of rotatable bonds is 6. The van der Waals surface area contributed by atoms with Crippen molar-refractivity contribution in [2.24, 2.45) is 10.9 Å². The van der Waals surface area contributed by atoms with Crippen molar-refractivity contribution in [3.63, 3.8) is 0 Å². The molecule has 0 spiro atoms. The van der Waals surface area contributed by atoms with Crippen molar-refractivity contribution in [1.82, 2.24) is 0 Å². The molecule has 35 heavy (non-hydrogen) atoms. The molecule has 7 heteroatoms. The first-order chi connectivity index (χ1) is 17.1. The zero-order chi connectivity index (χ0) is 25.3. The summed E-state index contributed by atoms with van der Waals surface area (Å²) in [5.74, 6) is 1.17. The van der Waals surface area contributed by atoms with Crippen molar-refractivity contribution in [1.29, 1.82) is 0 Å². The zero-order valence-corrected chi connectivity index (χ0v) is 21.6. The average molecular weight is 493 g/mol. The smallest absolute Gasteiger partial charge is 0.211 e. The summed E-state index contributed by atoms with van der Waals surface area (Å²) in [6.07, 6.45) is 7.93. The molecule has 3 aromatic rings. The summed E-state index contributed by atoms with van der Waals surface area (Å²) in [7, 11) is 3.62. The lowest BCUT2D eigenvalue weighted by Gasteiger charge is -2.14. The van der Waals surface area contributed by atoms with Crippen LogP contribution in [0.3, 0.4) is 0 Å². The van der Waals surface area contributed by atoms with Crippen molar-refractivity contribution in [3.05, 3.63) is 76.5 Å². The highest BCUT2D eigenvalue weighted by Crippen LogP contribution is 2.21. The number of aliphatic imine (C=N–C) groups is 1. The average Bonchev–Trinajstić information content (AvgIpc) is 3.40. The number of nitrogens with zero attached hydrogens (tertiary/aromatic N) is 1. The van der Waals surface area contributed by atoms with Crippen LogP contribution in [0.4, 0.5) is 17.1 Å². The number of aryl methyl sites for hydroxylation is 1. The van der Waals surface area contributed by atoms with E-state index in [-0.39, 0.29) is 0 Å². The second-order valence-corrected chi connectivity index (χ2v) is 8.98. The number of nitrogens with one attached hydrogen (secondary N) is 3. The molecule has 1 aromatic heterocycles. The van der Waals surface area contributed by atoms with Crippen molar-refractivity contribution >= 4 is 46.9 Å². The summed E-state index contributed by atoms with van der Waals surface area (Å²) in [5.41, 5.74) is 5.08. The van der Waals surface area contributed by atoms with E-state index in [0.29, 0.717) is 12.3 Å². The quantitative estimate of drug-likeness (QED) is 0.205. The molecule has 0 radical (unpaired) electrons. The van der Waals surface area contributed by atoms with Crippen molar-refractivity contribution < 1.29 is 9.59 Å². The van der Waals surface area contributed by atoms with Gasteiger partial charge in [0.05, 0.1) is 0 Å². The minimum atomic E-state index is 0.406. The van der Waals surface area contributed by atoms with E-state index in [1.165, 1.54) is 24.8 Å². The van der Waals surface area contributed by atoms with Crippen LogP contribution in [0.25, 0.3) is 0 Å². The van der Waals surface area contributed by atoms with Gasteiger partial charge in [-0.25, -0.2) is 0 Å². The van der Waals surface area contributed by atoms with Crippen LogP contribution in [-0.4, -0.2) is 32.6 Å². The highest BCUT2D eigenvalue weighted by atomic mass is 32.1. The zero-order valence-electron chi connectivity index (χ0n) is 20.8. The molecule has 3 N–H and O–H groups in total. The lowest BCUT2D eigenvalue weighted by Crippen LogP contribution is -2.13. The number of thiophene rings is 1. The van der Waals surface area contributed by atoms with Gasteiger partial charge in [-0.15, -0.1) is 0 Å². The minimum Gasteiger partial charge on any atom is -0.388 e. The second kappa shape index (κ2) is 16.2. The van der Waals surface area contributed by atoms with E-state index in [2.05, 4.69) is 44.7 Å². The van der Waals surface area contributed by atoms with Crippen LogP contribution in [-0.2, 0) is 9.59 Å². The Kier molecular flexibility index (Phi) is 12.9. The van der Waals surface area contributed by atoms with Gasteiger partial charge in [0.25, 0.3) is 0 Å². The number of hydrogen-bond donors (Lipinski definition) is 3. The molecule has 1 amide bonds. The van der Waals surface area contributed by atoms with Crippen LogP contribution in [0.2, 0.25) is 0 Å². The van der Waals surface area contributed by atoms with Gasteiger partial charge < -0.3 is 20.7 Å². The Morgan fingerprint density at radius 1 is 0.914 bits per heavy atom. The van der Waals surface area contributed by atoms with E-state index in [4.69, 9.17) is 0 Å². The number of anilines is 3. The summed E-state index contributed by atoms with van der Waals surface area (Å²) < 4.78 is 0. The molecule has 1 saturated carbocycles. The van der Waals surface area contributed by atoms with Crippen LogP contribution in [0.1, 0.15) is 43.2 Å². The third-order valence-electron chi connectivity index (χ3n) is 5.55. The molecule has 0 saturated heterocycles. The second-order valence-electron chi connectivity index (χ2n) is 8.20. The lowest BCUT2D eigenvalue weighted by atomic mass is 9.91. The van der Waals surface area contributed by atoms with E-state index >= 15 is 0 Å². The lowest BCUT2D eigenvalue weighted by molar-refractivity contribution is -0.111. The fourth-order valence-electron chi connectivity index (χ4n) is 3.51. The van der Waals surface area contributed by atoms with E-state index in [1.807, 2.05) is 55.6 Å². The maximum absolute atomic E-state index is 10.4. The number of aldehydes is 1. The van der Waals surface area contributed by atoms with E-state index in [1.54, 1.807) is 18.4 Å². The first-order valence-corrected chi connectivity index (χ1v) is 12.8. The summed E-state index contributed by atoms with van der Waals surface area (Å²) >= 11 is 1.74. The third kappa shape index (κ3) is 10.6. The predicted molar refractivity (Wildman–Crippen MR) is 150 cm³/mol. The SMILES string of the molecule is CN=C(Nc1ccc(NC)cc1)c1ccc(NC=O)cc1.Cc1ccsc1.O=CC1CCCCC1. The Labute approximate surface area is 212 Å². The molecule has 0 bridgehead atoms. The molecule has 0 unspecified atom stereocenters. The maximum atomic E-state index is 10.4. The predicted octanol–water partition coefficient (Wildman–Crippen LogP) is 6.61. The van der Waals surface area contributed by atoms with Crippen molar-refractivity contribution in [2.75, 3.05) is 30.0 Å². The van der Waals surface area contributed by atoms with Crippen molar-refractivity contribution in [2.45, 2.75) is 39.0 Å². The van der Waals surface area contributed by atoms with Gasteiger partial charge in [-0.3, -0.25) is 9.79 Å². The van der Waals surface area contributed by atoms with Gasteiger partial charge in [0.15, 0.2) is 0 Å². The summed E-state index contributed by atoms with van der Waals surface area (Å²) in [6.45, 7) is 2.09. The molecule has 0 atom stereocenters. The van der Waals surface area contributed by atoms with Crippen LogP contribution >= 0.6 is 11.3 Å². The van der Waals surface area contributed by atoms with E-state index in [9.17, 15) is 9.59 Å². The molecule has 1 aliphatic carbocycles. The van der Waals surface area contributed by atoms with Crippen LogP contribution in [0.15, 0.2) is 70.3 Å². The standard InChI is InChI=1S/C16H18N4O.C7H12O.C5H6S/c1-17-13-7-9-15(10-8-13)20-16(18-2)12-3-5-14(6-4-12)19-11-21;8-6-7-4-2-1-3-5-7;1-5-2-3-6-4-5/h3-11,17H,1-2H3,(H,18,20)(H,19,21);6-7H,1-5H2;2-4H,1H3. The summed E-state index contributed by atoms with van der Waals surface area (Å²) in [4.78, 5) is 24.8. The molecule has 6 nitrogen and oxygen atoms in total. The topological polar surface area (TPSA) is 82.6 Å². The first-order valence-electron chi connectivity index (χ1n) is 11.9. The molecule has 0 aliphatic heterocycles. The Morgan fingerprint density at radius 3 is 1.97 bits per heavy atom. The Hall–Kier alpha value is -3.45. The molecule has 1 heterocycles. The normalized spacial score (nSPS) is 13.3. The van der Waals surface area contributed by atoms with Gasteiger partial charge >= 0.3 is 0 Å². The summed E-state index contributed by atoms with van der Waals surface area (Å²) in [5, 5.41) is 13.2. The van der Waals surface area contributed by atoms with Crippen molar-refractivity contribution in [3.8, 4) is 0 Å². The molecule has 186 valence electrons. The molecular weight excluding hydrogens is 456 g/mol. The molecule has 1 fully saturated rings. The number of carbonyl (C=O) groups is 2. The van der Waals surface area contributed by atoms with Gasteiger partial charge in [-0.1, -0.05) is 19.3 Å². The highest BCUT2D eigenvalue weighted by Gasteiger charge is 2.10. The van der Waals surface area contributed by atoms with Crippen LogP contribution < -0.4 is 16.0 Å². The van der Waals surface area contributed by atoms with Crippen LogP contribution in [0.5, 0.6) is 0 Å². The van der Waals surface area contributed by atoms with Gasteiger partial charge in [-0.2, -0.15) is 11.3 Å². The van der Waals surface area contributed by atoms with Crippen LogP contribution in [0, 0.1) is 12.8 Å². The minimum absolute atomic E-state index is 0.406. The monoisotopic (exact) mass is 492 g/mol. The Morgan fingerprint density at radius 2 is 1.54 bits per heavy atom. The summed E-state index contributed by atoms with van der Waals surface area (Å²) in [6, 6.07) is 17.5. The number of amides is 1. The first kappa shape index (κ1) is 27.8. The molecular formula is C28H36N4O2S. The fraction of sp³-hybridized carbons (Fsp3) is 0.321.